The van der Waals surface area contributed by atoms with Crippen molar-refractivity contribution < 1.29 is 14.2 Å². The van der Waals surface area contributed by atoms with Gasteiger partial charge in [0.05, 0.1) is 20.2 Å². The molecule has 0 atom stereocenters. The number of benzene rings is 2. The second kappa shape index (κ2) is 10.0. The standard InChI is InChI=1S/C23H28N6O3/c1-16-27-28-22(29(16)2)14-26-23(24-11-10-17-4-7-19(30-3)8-5-17)25-13-18-6-9-20-21(12-18)32-15-31-20/h4-9,12H,10-11,13-15H2,1-3H3,(H2,24,25,26). The molecule has 0 saturated heterocycles. The molecule has 0 unspecified atom stereocenters. The number of aromatic nitrogens is 3. The summed E-state index contributed by atoms with van der Waals surface area (Å²) in [5.74, 6) is 4.80. The van der Waals surface area contributed by atoms with Gasteiger partial charge in [-0.2, -0.15) is 0 Å². The van der Waals surface area contributed by atoms with E-state index < -0.39 is 0 Å². The Morgan fingerprint density at radius 1 is 1.06 bits per heavy atom. The second-order valence-electron chi connectivity index (χ2n) is 7.45. The molecule has 168 valence electrons. The van der Waals surface area contributed by atoms with E-state index in [-0.39, 0.29) is 6.79 Å². The summed E-state index contributed by atoms with van der Waals surface area (Å²) in [4.78, 5) is 4.75. The minimum atomic E-state index is 0.263. The number of fused-ring (bicyclic) bond motifs is 1. The Kier molecular flexibility index (Phi) is 6.74. The molecule has 0 aliphatic carbocycles. The van der Waals surface area contributed by atoms with Crippen LogP contribution in [0.15, 0.2) is 47.5 Å². The van der Waals surface area contributed by atoms with E-state index in [0.29, 0.717) is 19.0 Å². The van der Waals surface area contributed by atoms with Crippen molar-refractivity contribution in [3.05, 3.63) is 65.2 Å². The largest absolute Gasteiger partial charge is 0.497 e. The third-order valence-corrected chi connectivity index (χ3v) is 5.32. The zero-order chi connectivity index (χ0) is 22.3. The first-order valence-electron chi connectivity index (χ1n) is 10.5. The van der Waals surface area contributed by atoms with E-state index in [0.717, 1.165) is 47.4 Å². The third kappa shape index (κ3) is 5.29. The van der Waals surface area contributed by atoms with Gasteiger partial charge in [-0.1, -0.05) is 18.2 Å². The number of aryl methyl sites for hydroxylation is 1. The van der Waals surface area contributed by atoms with Gasteiger partial charge in [0.15, 0.2) is 23.3 Å². The lowest BCUT2D eigenvalue weighted by molar-refractivity contribution is 0.174. The molecule has 0 radical (unpaired) electrons. The minimum Gasteiger partial charge on any atom is -0.497 e. The number of nitrogens with zero attached hydrogens (tertiary/aromatic N) is 4. The Hall–Kier alpha value is -3.75. The lowest BCUT2D eigenvalue weighted by atomic mass is 10.1. The van der Waals surface area contributed by atoms with Crippen LogP contribution < -0.4 is 24.8 Å². The molecule has 2 heterocycles. The van der Waals surface area contributed by atoms with Gasteiger partial charge in [-0.3, -0.25) is 0 Å². The van der Waals surface area contributed by atoms with Gasteiger partial charge in [0.1, 0.15) is 11.6 Å². The third-order valence-electron chi connectivity index (χ3n) is 5.32. The molecule has 32 heavy (non-hydrogen) atoms. The molecule has 0 bridgehead atoms. The monoisotopic (exact) mass is 436 g/mol. The molecule has 0 spiro atoms. The minimum absolute atomic E-state index is 0.263. The number of aliphatic imine (C=N–C) groups is 1. The highest BCUT2D eigenvalue weighted by Crippen LogP contribution is 2.32. The average Bonchev–Trinajstić information content (AvgIpc) is 3.42. The van der Waals surface area contributed by atoms with E-state index in [1.54, 1.807) is 7.11 Å². The van der Waals surface area contributed by atoms with Crippen molar-refractivity contribution in [3.63, 3.8) is 0 Å². The molecule has 1 aliphatic heterocycles. The van der Waals surface area contributed by atoms with E-state index in [4.69, 9.17) is 19.2 Å². The fourth-order valence-corrected chi connectivity index (χ4v) is 3.27. The zero-order valence-electron chi connectivity index (χ0n) is 18.6. The number of methoxy groups -OCH3 is 1. The van der Waals surface area contributed by atoms with Crippen LogP contribution >= 0.6 is 0 Å². The summed E-state index contributed by atoms with van der Waals surface area (Å²) in [7, 11) is 3.62. The SMILES string of the molecule is COc1ccc(CCNC(=NCc2ccc3c(c2)OCO3)NCc2nnc(C)n2C)cc1. The van der Waals surface area contributed by atoms with Gasteiger partial charge in [0.25, 0.3) is 0 Å². The number of nitrogens with one attached hydrogen (secondary N) is 2. The van der Waals surface area contributed by atoms with E-state index in [1.807, 2.05) is 48.9 Å². The summed E-state index contributed by atoms with van der Waals surface area (Å²) >= 11 is 0. The summed E-state index contributed by atoms with van der Waals surface area (Å²) in [5.41, 5.74) is 2.26. The van der Waals surface area contributed by atoms with Gasteiger partial charge < -0.3 is 29.4 Å². The first-order valence-corrected chi connectivity index (χ1v) is 10.5. The molecule has 9 heteroatoms. The zero-order valence-corrected chi connectivity index (χ0v) is 18.6. The first kappa shape index (κ1) is 21.5. The Morgan fingerprint density at radius 3 is 2.59 bits per heavy atom. The van der Waals surface area contributed by atoms with Crippen LogP contribution in [-0.4, -0.2) is 41.2 Å². The predicted molar refractivity (Wildman–Crippen MR) is 121 cm³/mol. The number of ether oxygens (including phenoxy) is 3. The van der Waals surface area contributed by atoms with Crippen molar-refractivity contribution in [2.75, 3.05) is 20.4 Å². The molecular weight excluding hydrogens is 408 g/mol. The highest BCUT2D eigenvalue weighted by molar-refractivity contribution is 5.79. The Morgan fingerprint density at radius 2 is 1.84 bits per heavy atom. The summed E-state index contributed by atoms with van der Waals surface area (Å²) in [6.07, 6.45) is 0.859. The molecule has 9 nitrogen and oxygen atoms in total. The highest BCUT2D eigenvalue weighted by Gasteiger charge is 2.13. The van der Waals surface area contributed by atoms with Gasteiger partial charge in [-0.25, -0.2) is 4.99 Å². The quantitative estimate of drug-likeness (QED) is 0.413. The average molecular weight is 437 g/mol. The molecular formula is C23H28N6O3. The van der Waals surface area contributed by atoms with Crippen molar-refractivity contribution in [2.24, 2.45) is 12.0 Å². The molecule has 3 aromatic rings. The van der Waals surface area contributed by atoms with Crippen LogP contribution in [0, 0.1) is 6.92 Å². The van der Waals surface area contributed by atoms with E-state index in [2.05, 4.69) is 33.0 Å². The Labute approximate surface area is 187 Å². The highest BCUT2D eigenvalue weighted by atomic mass is 16.7. The molecule has 1 aromatic heterocycles. The molecule has 4 rings (SSSR count). The number of hydrogen-bond donors (Lipinski definition) is 2. The lowest BCUT2D eigenvalue weighted by Gasteiger charge is -2.13. The van der Waals surface area contributed by atoms with Crippen LogP contribution in [0.4, 0.5) is 0 Å². The van der Waals surface area contributed by atoms with Crippen LogP contribution in [-0.2, 0) is 26.6 Å². The maximum absolute atomic E-state index is 5.47. The van der Waals surface area contributed by atoms with Gasteiger partial charge in [0, 0.05) is 13.6 Å². The molecule has 0 amide bonds. The first-order chi connectivity index (χ1) is 15.6. The number of rotatable bonds is 8. The van der Waals surface area contributed by atoms with Crippen molar-refractivity contribution >= 4 is 5.96 Å². The van der Waals surface area contributed by atoms with Crippen LogP contribution in [0.2, 0.25) is 0 Å². The van der Waals surface area contributed by atoms with E-state index >= 15 is 0 Å². The molecule has 0 fully saturated rings. The van der Waals surface area contributed by atoms with Crippen molar-refractivity contribution in [3.8, 4) is 17.2 Å². The summed E-state index contributed by atoms with van der Waals surface area (Å²) < 4.78 is 18.0. The maximum Gasteiger partial charge on any atom is 0.231 e. The van der Waals surface area contributed by atoms with Crippen LogP contribution in [0.3, 0.4) is 0 Å². The fraction of sp³-hybridized carbons (Fsp3) is 0.348. The maximum atomic E-state index is 5.47. The van der Waals surface area contributed by atoms with Gasteiger partial charge in [0.2, 0.25) is 6.79 Å². The number of hydrogen-bond acceptors (Lipinski definition) is 6. The van der Waals surface area contributed by atoms with Gasteiger partial charge in [-0.05, 0) is 48.7 Å². The van der Waals surface area contributed by atoms with Gasteiger partial charge >= 0.3 is 0 Å². The Balaban J connectivity index is 1.40. The van der Waals surface area contributed by atoms with Gasteiger partial charge in [-0.15, -0.1) is 10.2 Å². The van der Waals surface area contributed by atoms with E-state index in [9.17, 15) is 0 Å². The molecule has 2 aromatic carbocycles. The van der Waals surface area contributed by atoms with Crippen molar-refractivity contribution in [1.82, 2.24) is 25.4 Å². The summed E-state index contributed by atoms with van der Waals surface area (Å²) in [5, 5.41) is 15.1. The molecule has 1 aliphatic rings. The summed E-state index contributed by atoms with van der Waals surface area (Å²) in [6.45, 7) is 3.95. The lowest BCUT2D eigenvalue weighted by Crippen LogP contribution is -2.38. The fourth-order valence-electron chi connectivity index (χ4n) is 3.27. The Bertz CT molecular complexity index is 1080. The summed E-state index contributed by atoms with van der Waals surface area (Å²) in [6, 6.07) is 14.0. The van der Waals surface area contributed by atoms with Crippen molar-refractivity contribution in [2.45, 2.75) is 26.4 Å². The predicted octanol–water partition coefficient (Wildman–Crippen LogP) is 2.34. The number of guanidine groups is 1. The van der Waals surface area contributed by atoms with Crippen LogP contribution in [0.1, 0.15) is 22.8 Å². The molecule has 0 saturated carbocycles. The smallest absolute Gasteiger partial charge is 0.231 e. The van der Waals surface area contributed by atoms with Crippen molar-refractivity contribution in [1.29, 1.82) is 0 Å². The molecule has 2 N–H and O–H groups in total. The van der Waals surface area contributed by atoms with E-state index in [1.165, 1.54) is 5.56 Å². The topological polar surface area (TPSA) is 94.8 Å². The second-order valence-corrected chi connectivity index (χ2v) is 7.45. The normalized spacial score (nSPS) is 12.7. The van der Waals surface area contributed by atoms with Crippen LogP contribution in [0.5, 0.6) is 17.2 Å². The van der Waals surface area contributed by atoms with Crippen LogP contribution in [0.25, 0.3) is 0 Å².